The molecule has 1 aromatic carbocycles. The molecule has 0 aliphatic rings. The maximum Gasteiger partial charge on any atom is 0.123 e. The van der Waals surface area contributed by atoms with Gasteiger partial charge in [-0.15, -0.1) is 11.3 Å². The van der Waals surface area contributed by atoms with Gasteiger partial charge >= 0.3 is 0 Å². The maximum absolute atomic E-state index is 5.90. The Morgan fingerprint density at radius 1 is 1.40 bits per heavy atom. The Bertz CT molecular complexity index is 528. The second-order valence-electron chi connectivity index (χ2n) is 4.79. The quantitative estimate of drug-likeness (QED) is 0.763. The van der Waals surface area contributed by atoms with Gasteiger partial charge in [-0.1, -0.05) is 13.8 Å². The summed E-state index contributed by atoms with van der Waals surface area (Å²) in [6.07, 6.45) is 2.83. The van der Waals surface area contributed by atoms with Gasteiger partial charge in [0.25, 0.3) is 0 Å². The molecule has 108 valence electrons. The first-order valence-electron chi connectivity index (χ1n) is 6.85. The molecule has 1 atom stereocenters. The summed E-state index contributed by atoms with van der Waals surface area (Å²) in [6.45, 7) is 5.77. The number of nitrogens with zero attached hydrogens (tertiary/aromatic N) is 1. The zero-order valence-corrected chi connectivity index (χ0v) is 12.7. The third-order valence-corrected chi connectivity index (χ3v) is 3.89. The number of aromatic nitrogens is 1. The van der Waals surface area contributed by atoms with E-state index in [0.29, 0.717) is 18.2 Å². The van der Waals surface area contributed by atoms with Gasteiger partial charge < -0.3 is 15.8 Å². The first kappa shape index (κ1) is 14.7. The molecule has 5 heteroatoms. The average Bonchev–Trinajstić information content (AvgIpc) is 2.96. The van der Waals surface area contributed by atoms with E-state index in [2.05, 4.69) is 24.1 Å². The number of ether oxygens (including phenoxy) is 1. The fourth-order valence-electron chi connectivity index (χ4n) is 1.86. The average molecular weight is 291 g/mol. The normalized spacial score (nSPS) is 12.1. The molecule has 0 amide bonds. The van der Waals surface area contributed by atoms with Crippen molar-refractivity contribution in [2.75, 3.05) is 24.2 Å². The van der Waals surface area contributed by atoms with Gasteiger partial charge in [0.15, 0.2) is 0 Å². The van der Waals surface area contributed by atoms with Crippen LogP contribution in [0.5, 0.6) is 5.75 Å². The van der Waals surface area contributed by atoms with E-state index in [1.54, 1.807) is 11.3 Å². The second kappa shape index (κ2) is 7.14. The maximum atomic E-state index is 5.90. The predicted octanol–water partition coefficient (Wildman–Crippen LogP) is 3.73. The lowest BCUT2D eigenvalue weighted by atomic mass is 10.2. The Hall–Kier alpha value is -1.75. The molecule has 0 saturated carbocycles. The van der Waals surface area contributed by atoms with Crippen LogP contribution in [0.25, 0.3) is 0 Å². The lowest BCUT2D eigenvalue weighted by Crippen LogP contribution is -2.10. The standard InChI is InChI=1S/C15H21N3OS/c1-3-5-19-14-8-12(16)7-13(9-14)18-10-11(2)15-17-4-6-20-15/h4,6-9,11,18H,3,5,10,16H2,1-2H3. The van der Waals surface area contributed by atoms with Crippen molar-refractivity contribution in [3.05, 3.63) is 34.8 Å². The summed E-state index contributed by atoms with van der Waals surface area (Å²) >= 11 is 1.68. The molecule has 0 spiro atoms. The topological polar surface area (TPSA) is 60.2 Å². The fourth-order valence-corrected chi connectivity index (χ4v) is 2.56. The zero-order chi connectivity index (χ0) is 14.4. The van der Waals surface area contributed by atoms with E-state index < -0.39 is 0 Å². The number of nitrogen functional groups attached to an aromatic ring is 1. The van der Waals surface area contributed by atoms with Crippen molar-refractivity contribution in [3.63, 3.8) is 0 Å². The molecule has 1 aromatic heterocycles. The third kappa shape index (κ3) is 4.13. The number of thiazole rings is 1. The van der Waals surface area contributed by atoms with Crippen molar-refractivity contribution < 1.29 is 4.74 Å². The van der Waals surface area contributed by atoms with Crippen molar-refractivity contribution >= 4 is 22.7 Å². The van der Waals surface area contributed by atoms with Gasteiger partial charge in [-0.3, -0.25) is 0 Å². The van der Waals surface area contributed by atoms with E-state index in [1.165, 1.54) is 0 Å². The molecule has 1 unspecified atom stereocenters. The number of benzene rings is 1. The van der Waals surface area contributed by atoms with E-state index in [4.69, 9.17) is 10.5 Å². The van der Waals surface area contributed by atoms with Crippen molar-refractivity contribution in [2.24, 2.45) is 0 Å². The molecule has 2 rings (SSSR count). The summed E-state index contributed by atoms with van der Waals surface area (Å²) < 4.78 is 5.63. The molecule has 1 heterocycles. The van der Waals surface area contributed by atoms with Crippen molar-refractivity contribution in [1.29, 1.82) is 0 Å². The highest BCUT2D eigenvalue weighted by Crippen LogP contribution is 2.24. The van der Waals surface area contributed by atoms with Crippen LogP contribution in [-0.4, -0.2) is 18.1 Å². The Balaban J connectivity index is 1.96. The molecule has 2 aromatic rings. The van der Waals surface area contributed by atoms with E-state index in [1.807, 2.05) is 29.8 Å². The molecule has 0 aliphatic carbocycles. The minimum absolute atomic E-state index is 0.372. The lowest BCUT2D eigenvalue weighted by molar-refractivity contribution is 0.318. The summed E-state index contributed by atoms with van der Waals surface area (Å²) in [5.41, 5.74) is 7.60. The number of nitrogens with two attached hydrogens (primary N) is 1. The van der Waals surface area contributed by atoms with Crippen LogP contribution in [0.4, 0.5) is 11.4 Å². The Kier molecular flexibility index (Phi) is 5.24. The van der Waals surface area contributed by atoms with Gasteiger partial charge in [0.1, 0.15) is 5.75 Å². The largest absolute Gasteiger partial charge is 0.493 e. The minimum Gasteiger partial charge on any atom is -0.493 e. The van der Waals surface area contributed by atoms with Gasteiger partial charge in [0.05, 0.1) is 11.6 Å². The highest BCUT2D eigenvalue weighted by molar-refractivity contribution is 7.09. The van der Waals surface area contributed by atoms with E-state index >= 15 is 0 Å². The van der Waals surface area contributed by atoms with Gasteiger partial charge in [0, 0.05) is 47.5 Å². The molecule has 0 saturated heterocycles. The lowest BCUT2D eigenvalue weighted by Gasteiger charge is -2.13. The van der Waals surface area contributed by atoms with E-state index in [9.17, 15) is 0 Å². The van der Waals surface area contributed by atoms with Crippen molar-refractivity contribution in [2.45, 2.75) is 26.2 Å². The number of nitrogens with one attached hydrogen (secondary N) is 1. The van der Waals surface area contributed by atoms with Gasteiger partial charge in [-0.25, -0.2) is 4.98 Å². The summed E-state index contributed by atoms with van der Waals surface area (Å²) in [6, 6.07) is 5.76. The van der Waals surface area contributed by atoms with Crippen LogP contribution >= 0.6 is 11.3 Å². The van der Waals surface area contributed by atoms with Crippen LogP contribution in [0.1, 0.15) is 31.2 Å². The van der Waals surface area contributed by atoms with Crippen molar-refractivity contribution in [1.82, 2.24) is 4.98 Å². The molecule has 3 N–H and O–H groups in total. The Labute approximate surface area is 124 Å². The number of rotatable bonds is 7. The zero-order valence-electron chi connectivity index (χ0n) is 11.9. The molecule has 0 bridgehead atoms. The monoisotopic (exact) mass is 291 g/mol. The summed E-state index contributed by atoms with van der Waals surface area (Å²) in [5.74, 6) is 1.19. The second-order valence-corrected chi connectivity index (χ2v) is 5.72. The Morgan fingerprint density at radius 3 is 2.95 bits per heavy atom. The van der Waals surface area contributed by atoms with E-state index in [-0.39, 0.29) is 0 Å². The summed E-state index contributed by atoms with van der Waals surface area (Å²) in [4.78, 5) is 4.33. The first-order chi connectivity index (χ1) is 9.69. The molecule has 0 fully saturated rings. The molecule has 20 heavy (non-hydrogen) atoms. The highest BCUT2D eigenvalue weighted by Gasteiger charge is 2.08. The van der Waals surface area contributed by atoms with E-state index in [0.717, 1.165) is 29.4 Å². The molecule has 0 aliphatic heterocycles. The molecular formula is C15H21N3OS. The van der Waals surface area contributed by atoms with Gasteiger partial charge in [-0.2, -0.15) is 0 Å². The van der Waals surface area contributed by atoms with Crippen molar-refractivity contribution in [3.8, 4) is 5.75 Å². The highest BCUT2D eigenvalue weighted by atomic mass is 32.1. The smallest absolute Gasteiger partial charge is 0.123 e. The van der Waals surface area contributed by atoms with Crippen LogP contribution in [0.15, 0.2) is 29.8 Å². The molecule has 4 nitrogen and oxygen atoms in total. The fraction of sp³-hybridized carbons (Fsp3) is 0.400. The van der Waals surface area contributed by atoms with Crippen LogP contribution in [0.2, 0.25) is 0 Å². The van der Waals surface area contributed by atoms with Gasteiger partial charge in [-0.05, 0) is 12.5 Å². The van der Waals surface area contributed by atoms with Crippen LogP contribution < -0.4 is 15.8 Å². The van der Waals surface area contributed by atoms with Gasteiger partial charge in [0.2, 0.25) is 0 Å². The Morgan fingerprint density at radius 2 is 2.25 bits per heavy atom. The van der Waals surface area contributed by atoms with Crippen LogP contribution in [0, 0.1) is 0 Å². The number of anilines is 2. The minimum atomic E-state index is 0.372. The number of hydrogen-bond acceptors (Lipinski definition) is 5. The SMILES string of the molecule is CCCOc1cc(N)cc(NCC(C)c2nccs2)c1. The first-order valence-corrected chi connectivity index (χ1v) is 7.73. The number of hydrogen-bond donors (Lipinski definition) is 2. The summed E-state index contributed by atoms with van der Waals surface area (Å²) in [7, 11) is 0. The molecular weight excluding hydrogens is 270 g/mol. The molecule has 0 radical (unpaired) electrons. The predicted molar refractivity (Wildman–Crippen MR) is 85.7 cm³/mol. The van der Waals surface area contributed by atoms with Crippen LogP contribution in [0.3, 0.4) is 0 Å². The third-order valence-electron chi connectivity index (χ3n) is 2.89. The summed E-state index contributed by atoms with van der Waals surface area (Å²) in [5, 5.41) is 6.54. The van der Waals surface area contributed by atoms with Crippen LogP contribution in [-0.2, 0) is 0 Å².